The van der Waals surface area contributed by atoms with Crippen LogP contribution in [0, 0.1) is 0 Å². The number of hydrogen-bond donors (Lipinski definition) is 1. The molecule has 0 amide bonds. The van der Waals surface area contributed by atoms with E-state index in [1.165, 1.54) is 0 Å². The molecular weight excluding hydrogens is 202 g/mol. The normalized spacial score (nSPS) is 11.1. The second kappa shape index (κ2) is 5.68. The maximum atomic E-state index is 5.68. The van der Waals surface area contributed by atoms with Crippen molar-refractivity contribution < 1.29 is 9.15 Å². The average Bonchev–Trinajstić information content (AvgIpc) is 2.71. The van der Waals surface area contributed by atoms with Gasteiger partial charge in [-0.1, -0.05) is 18.2 Å². The fraction of sp³-hybridized carbons (Fsp3) is 0.385. The molecule has 1 N–H and O–H groups in total. The molecule has 86 valence electrons. The molecule has 1 heterocycles. The number of fused-ring (bicyclic) bond motifs is 1. The third kappa shape index (κ3) is 2.84. The van der Waals surface area contributed by atoms with Crippen molar-refractivity contribution in [1.82, 2.24) is 5.32 Å². The van der Waals surface area contributed by atoms with Crippen molar-refractivity contribution in [1.29, 1.82) is 0 Å². The fourth-order valence-electron chi connectivity index (χ4n) is 1.68. The SMILES string of the molecule is COCCCNCc1cc2ccccc2o1. The van der Waals surface area contributed by atoms with Crippen LogP contribution >= 0.6 is 0 Å². The van der Waals surface area contributed by atoms with Crippen LogP contribution in [0.2, 0.25) is 0 Å². The number of nitrogens with one attached hydrogen (secondary N) is 1. The minimum absolute atomic E-state index is 0.776. The van der Waals surface area contributed by atoms with E-state index in [1.807, 2.05) is 18.2 Å². The van der Waals surface area contributed by atoms with Gasteiger partial charge in [0.05, 0.1) is 6.54 Å². The smallest absolute Gasteiger partial charge is 0.134 e. The van der Waals surface area contributed by atoms with Crippen LogP contribution in [-0.2, 0) is 11.3 Å². The van der Waals surface area contributed by atoms with Gasteiger partial charge in [0.15, 0.2) is 0 Å². The minimum atomic E-state index is 0.776. The average molecular weight is 219 g/mol. The number of para-hydroxylation sites is 1. The first-order valence-electron chi connectivity index (χ1n) is 5.57. The second-order valence-corrected chi connectivity index (χ2v) is 3.77. The highest BCUT2D eigenvalue weighted by Crippen LogP contribution is 2.18. The van der Waals surface area contributed by atoms with Crippen molar-refractivity contribution in [2.45, 2.75) is 13.0 Å². The Labute approximate surface area is 95.4 Å². The zero-order valence-corrected chi connectivity index (χ0v) is 9.53. The van der Waals surface area contributed by atoms with Crippen LogP contribution in [-0.4, -0.2) is 20.3 Å². The van der Waals surface area contributed by atoms with Crippen molar-refractivity contribution in [3.8, 4) is 0 Å². The van der Waals surface area contributed by atoms with E-state index >= 15 is 0 Å². The molecule has 0 bridgehead atoms. The van der Waals surface area contributed by atoms with Crippen LogP contribution in [0.3, 0.4) is 0 Å². The number of methoxy groups -OCH3 is 1. The molecule has 0 saturated carbocycles. The van der Waals surface area contributed by atoms with E-state index in [9.17, 15) is 0 Å². The lowest BCUT2D eigenvalue weighted by molar-refractivity contribution is 0.194. The van der Waals surface area contributed by atoms with Gasteiger partial charge in [-0.15, -0.1) is 0 Å². The van der Waals surface area contributed by atoms with Gasteiger partial charge in [-0.3, -0.25) is 0 Å². The van der Waals surface area contributed by atoms with Gasteiger partial charge < -0.3 is 14.5 Å². The molecule has 2 aromatic rings. The zero-order chi connectivity index (χ0) is 11.2. The largest absolute Gasteiger partial charge is 0.460 e. The van der Waals surface area contributed by atoms with Gasteiger partial charge in [0.2, 0.25) is 0 Å². The molecular formula is C13H17NO2. The lowest BCUT2D eigenvalue weighted by Gasteiger charge is -2.01. The standard InChI is InChI=1S/C13H17NO2/c1-15-8-4-7-14-10-12-9-11-5-2-3-6-13(11)16-12/h2-3,5-6,9,14H,4,7-8,10H2,1H3. The minimum Gasteiger partial charge on any atom is -0.460 e. The molecule has 0 radical (unpaired) electrons. The molecule has 3 heteroatoms. The summed E-state index contributed by atoms with van der Waals surface area (Å²) in [6.07, 6.45) is 1.02. The van der Waals surface area contributed by atoms with Crippen LogP contribution in [0.5, 0.6) is 0 Å². The van der Waals surface area contributed by atoms with E-state index < -0.39 is 0 Å². The first-order valence-corrected chi connectivity index (χ1v) is 5.57. The predicted molar refractivity (Wildman–Crippen MR) is 64.4 cm³/mol. The zero-order valence-electron chi connectivity index (χ0n) is 9.53. The van der Waals surface area contributed by atoms with E-state index in [0.29, 0.717) is 0 Å². The highest BCUT2D eigenvalue weighted by molar-refractivity contribution is 5.77. The molecule has 16 heavy (non-hydrogen) atoms. The summed E-state index contributed by atoms with van der Waals surface area (Å²) in [6.45, 7) is 2.52. The first-order chi connectivity index (χ1) is 7.90. The Morgan fingerprint density at radius 1 is 1.31 bits per heavy atom. The van der Waals surface area contributed by atoms with E-state index in [-0.39, 0.29) is 0 Å². The Balaban J connectivity index is 1.85. The van der Waals surface area contributed by atoms with E-state index in [2.05, 4.69) is 17.4 Å². The maximum Gasteiger partial charge on any atom is 0.134 e. The summed E-state index contributed by atoms with van der Waals surface area (Å²) in [6, 6.07) is 10.1. The Hall–Kier alpha value is -1.32. The third-order valence-corrected chi connectivity index (χ3v) is 2.48. The van der Waals surface area contributed by atoms with Crippen LogP contribution in [0.15, 0.2) is 34.7 Å². The Kier molecular flexibility index (Phi) is 3.97. The highest BCUT2D eigenvalue weighted by atomic mass is 16.5. The van der Waals surface area contributed by atoms with Crippen molar-refractivity contribution in [3.05, 3.63) is 36.1 Å². The molecule has 2 rings (SSSR count). The van der Waals surface area contributed by atoms with Gasteiger partial charge >= 0.3 is 0 Å². The summed E-state index contributed by atoms with van der Waals surface area (Å²) in [5.41, 5.74) is 0.955. The van der Waals surface area contributed by atoms with Gasteiger partial charge in [-0.25, -0.2) is 0 Å². The molecule has 1 aromatic heterocycles. The quantitative estimate of drug-likeness (QED) is 0.758. The summed E-state index contributed by atoms with van der Waals surface area (Å²) < 4.78 is 10.7. The molecule has 0 aliphatic heterocycles. The van der Waals surface area contributed by atoms with Crippen molar-refractivity contribution >= 4 is 11.0 Å². The molecule has 0 aliphatic carbocycles. The van der Waals surface area contributed by atoms with Crippen LogP contribution in [0.1, 0.15) is 12.2 Å². The second-order valence-electron chi connectivity index (χ2n) is 3.77. The summed E-state index contributed by atoms with van der Waals surface area (Å²) in [5, 5.41) is 4.49. The van der Waals surface area contributed by atoms with Gasteiger partial charge in [-0.05, 0) is 25.1 Å². The number of furan rings is 1. The lowest BCUT2D eigenvalue weighted by Crippen LogP contribution is -2.15. The Bertz CT molecular complexity index is 403. The molecule has 0 fully saturated rings. The van der Waals surface area contributed by atoms with Crippen molar-refractivity contribution in [2.24, 2.45) is 0 Å². The summed E-state index contributed by atoms with van der Waals surface area (Å²) in [4.78, 5) is 0. The van der Waals surface area contributed by atoms with Crippen LogP contribution < -0.4 is 5.32 Å². The van der Waals surface area contributed by atoms with Gasteiger partial charge in [0.1, 0.15) is 11.3 Å². The van der Waals surface area contributed by atoms with Gasteiger partial charge in [0.25, 0.3) is 0 Å². The Morgan fingerprint density at radius 3 is 3.00 bits per heavy atom. The van der Waals surface area contributed by atoms with Crippen molar-refractivity contribution in [2.75, 3.05) is 20.3 Å². The number of ether oxygens (including phenoxy) is 1. The first kappa shape index (κ1) is 11.2. The highest BCUT2D eigenvalue weighted by Gasteiger charge is 2.01. The number of rotatable bonds is 6. The molecule has 0 spiro atoms. The third-order valence-electron chi connectivity index (χ3n) is 2.48. The predicted octanol–water partition coefficient (Wildman–Crippen LogP) is 2.56. The van der Waals surface area contributed by atoms with E-state index in [1.54, 1.807) is 7.11 Å². The van der Waals surface area contributed by atoms with E-state index in [0.717, 1.165) is 42.8 Å². The summed E-state index contributed by atoms with van der Waals surface area (Å²) in [5.74, 6) is 0.985. The molecule has 0 unspecified atom stereocenters. The fourth-order valence-corrected chi connectivity index (χ4v) is 1.68. The van der Waals surface area contributed by atoms with Gasteiger partial charge in [-0.2, -0.15) is 0 Å². The van der Waals surface area contributed by atoms with E-state index in [4.69, 9.17) is 9.15 Å². The van der Waals surface area contributed by atoms with Crippen molar-refractivity contribution in [3.63, 3.8) is 0 Å². The maximum absolute atomic E-state index is 5.68. The molecule has 0 atom stereocenters. The summed E-state index contributed by atoms with van der Waals surface area (Å²) in [7, 11) is 1.72. The van der Waals surface area contributed by atoms with Gasteiger partial charge in [0, 0.05) is 19.1 Å². The Morgan fingerprint density at radius 2 is 2.19 bits per heavy atom. The topological polar surface area (TPSA) is 34.4 Å². The molecule has 0 saturated heterocycles. The summed E-state index contributed by atoms with van der Waals surface area (Å²) >= 11 is 0. The number of benzene rings is 1. The molecule has 1 aromatic carbocycles. The monoisotopic (exact) mass is 219 g/mol. The molecule has 3 nitrogen and oxygen atoms in total. The van der Waals surface area contributed by atoms with Crippen LogP contribution in [0.4, 0.5) is 0 Å². The number of hydrogen-bond acceptors (Lipinski definition) is 3. The lowest BCUT2D eigenvalue weighted by atomic mass is 10.2. The molecule has 0 aliphatic rings. The van der Waals surface area contributed by atoms with Crippen LogP contribution in [0.25, 0.3) is 11.0 Å².